The van der Waals surface area contributed by atoms with Crippen molar-refractivity contribution in [2.24, 2.45) is 5.92 Å². The molecule has 2 aromatic rings. The van der Waals surface area contributed by atoms with Gasteiger partial charge in [0.15, 0.2) is 6.29 Å². The lowest BCUT2D eigenvalue weighted by Gasteiger charge is -2.33. The molecule has 1 fully saturated rings. The minimum absolute atomic E-state index is 0.148. The molecule has 4 heteroatoms. The van der Waals surface area contributed by atoms with Gasteiger partial charge < -0.3 is 9.32 Å². The summed E-state index contributed by atoms with van der Waals surface area (Å²) in [4.78, 5) is 25.8. The molecule has 2 heterocycles. The van der Waals surface area contributed by atoms with Crippen molar-refractivity contribution in [2.45, 2.75) is 33.1 Å². The van der Waals surface area contributed by atoms with Crippen LogP contribution in [0, 0.1) is 5.92 Å². The van der Waals surface area contributed by atoms with Gasteiger partial charge in [0.2, 0.25) is 0 Å². The molecule has 0 N–H and O–H groups in total. The average Bonchev–Trinajstić information content (AvgIpc) is 2.54. The van der Waals surface area contributed by atoms with Gasteiger partial charge in [-0.2, -0.15) is 0 Å². The largest absolute Gasteiger partial charge is 0.422 e. The predicted molar refractivity (Wildman–Crippen MR) is 87.9 cm³/mol. The number of fused-ring (bicyclic) bond motifs is 1. The summed E-state index contributed by atoms with van der Waals surface area (Å²) in [5.41, 5.74) is 2.09. The van der Waals surface area contributed by atoms with Gasteiger partial charge in [0.05, 0.1) is 5.69 Å². The quantitative estimate of drug-likeness (QED) is 0.644. The van der Waals surface area contributed by atoms with E-state index in [0.29, 0.717) is 17.8 Å². The van der Waals surface area contributed by atoms with E-state index in [1.54, 1.807) is 0 Å². The van der Waals surface area contributed by atoms with Gasteiger partial charge in [-0.1, -0.05) is 19.9 Å². The molecule has 22 heavy (non-hydrogen) atoms. The van der Waals surface area contributed by atoms with Gasteiger partial charge in [-0.3, -0.25) is 4.79 Å². The summed E-state index contributed by atoms with van der Waals surface area (Å²) in [6.07, 6.45) is 3.69. The van der Waals surface area contributed by atoms with Crippen LogP contribution in [0.15, 0.2) is 27.4 Å². The predicted octanol–water partition coefficient (Wildman–Crippen LogP) is 3.40. The third-order valence-corrected chi connectivity index (χ3v) is 4.60. The lowest BCUT2D eigenvalue weighted by molar-refractivity contribution is 0.112. The number of carbonyl (C=O) groups is 1. The second-order valence-corrected chi connectivity index (χ2v) is 6.12. The minimum Gasteiger partial charge on any atom is -0.422 e. The maximum Gasteiger partial charge on any atom is 0.349 e. The zero-order valence-corrected chi connectivity index (χ0v) is 13.1. The van der Waals surface area contributed by atoms with Crippen molar-refractivity contribution in [1.82, 2.24) is 0 Å². The van der Waals surface area contributed by atoms with Crippen LogP contribution in [0.4, 0.5) is 5.69 Å². The number of aldehydes is 1. The van der Waals surface area contributed by atoms with E-state index < -0.39 is 5.63 Å². The van der Waals surface area contributed by atoms with Crippen LogP contribution in [0.2, 0.25) is 0 Å². The molecule has 3 rings (SSSR count). The normalized spacial score (nSPS) is 16.2. The Morgan fingerprint density at radius 2 is 2.05 bits per heavy atom. The van der Waals surface area contributed by atoms with Gasteiger partial charge >= 0.3 is 5.63 Å². The van der Waals surface area contributed by atoms with Crippen molar-refractivity contribution in [1.29, 1.82) is 0 Å². The molecule has 0 atom stereocenters. The monoisotopic (exact) mass is 299 g/mol. The topological polar surface area (TPSA) is 50.5 Å². The number of hydrogen-bond acceptors (Lipinski definition) is 4. The molecule has 0 spiro atoms. The van der Waals surface area contributed by atoms with Crippen molar-refractivity contribution in [3.63, 3.8) is 0 Å². The fourth-order valence-electron chi connectivity index (χ4n) is 3.14. The van der Waals surface area contributed by atoms with Crippen molar-refractivity contribution >= 4 is 22.9 Å². The van der Waals surface area contributed by atoms with Crippen LogP contribution in [0.25, 0.3) is 11.0 Å². The molecule has 1 aromatic heterocycles. The summed E-state index contributed by atoms with van der Waals surface area (Å²) in [6, 6.07) is 5.84. The molecular weight excluding hydrogens is 278 g/mol. The Labute approximate surface area is 129 Å². The van der Waals surface area contributed by atoms with Crippen LogP contribution in [0.3, 0.4) is 0 Å². The summed E-state index contributed by atoms with van der Waals surface area (Å²) in [7, 11) is 0. The molecule has 0 amide bonds. The highest BCUT2D eigenvalue weighted by Gasteiger charge is 2.23. The van der Waals surface area contributed by atoms with Crippen LogP contribution in [-0.4, -0.2) is 19.4 Å². The molecule has 0 aliphatic carbocycles. The van der Waals surface area contributed by atoms with Crippen molar-refractivity contribution in [3.05, 3.63) is 39.7 Å². The highest BCUT2D eigenvalue weighted by molar-refractivity contribution is 5.99. The van der Waals surface area contributed by atoms with Crippen LogP contribution in [0.1, 0.15) is 42.6 Å². The number of anilines is 1. The summed E-state index contributed by atoms with van der Waals surface area (Å²) >= 11 is 0. The van der Waals surface area contributed by atoms with Crippen LogP contribution in [-0.2, 0) is 6.42 Å². The number of piperidine rings is 1. The van der Waals surface area contributed by atoms with Crippen LogP contribution >= 0.6 is 0 Å². The van der Waals surface area contributed by atoms with E-state index in [4.69, 9.17) is 4.42 Å². The number of benzene rings is 1. The number of rotatable bonds is 3. The second kappa shape index (κ2) is 5.95. The fourth-order valence-corrected chi connectivity index (χ4v) is 3.14. The number of nitrogens with zero attached hydrogens (tertiary/aromatic N) is 1. The van der Waals surface area contributed by atoms with Crippen molar-refractivity contribution < 1.29 is 9.21 Å². The van der Waals surface area contributed by atoms with Gasteiger partial charge in [0.25, 0.3) is 0 Å². The third-order valence-electron chi connectivity index (χ3n) is 4.60. The Bertz CT molecular complexity index is 755. The average molecular weight is 299 g/mol. The van der Waals surface area contributed by atoms with E-state index in [9.17, 15) is 9.59 Å². The summed E-state index contributed by atoms with van der Waals surface area (Å²) in [5, 5.41) is 0.871. The van der Waals surface area contributed by atoms with E-state index >= 15 is 0 Å². The Morgan fingerprint density at radius 1 is 1.32 bits per heavy atom. The van der Waals surface area contributed by atoms with E-state index in [2.05, 4.69) is 18.7 Å². The molecule has 116 valence electrons. The van der Waals surface area contributed by atoms with Crippen LogP contribution in [0.5, 0.6) is 0 Å². The molecule has 0 saturated carbocycles. The Morgan fingerprint density at radius 3 is 2.68 bits per heavy atom. The van der Waals surface area contributed by atoms with Gasteiger partial charge in [-0.05, 0) is 42.9 Å². The third kappa shape index (κ3) is 2.54. The number of carbonyl (C=O) groups excluding carboxylic acids is 1. The molecule has 0 bridgehead atoms. The summed E-state index contributed by atoms with van der Waals surface area (Å²) in [6.45, 7) is 6.07. The highest BCUT2D eigenvalue weighted by Crippen LogP contribution is 2.32. The van der Waals surface area contributed by atoms with Crippen LogP contribution < -0.4 is 10.5 Å². The molecule has 1 aliphatic heterocycles. The zero-order chi connectivity index (χ0) is 15.7. The van der Waals surface area contributed by atoms with E-state index in [0.717, 1.165) is 43.4 Å². The summed E-state index contributed by atoms with van der Waals surface area (Å²) in [5.74, 6) is 0.688. The lowest BCUT2D eigenvalue weighted by atomic mass is 9.97. The van der Waals surface area contributed by atoms with E-state index in [1.165, 1.54) is 5.56 Å². The second-order valence-electron chi connectivity index (χ2n) is 6.12. The molecule has 0 unspecified atom stereocenters. The maximum atomic E-state index is 12.1. The molecule has 1 aromatic carbocycles. The SMILES string of the molecule is CCc1ccc2oc(=O)c(C=O)c(N3CCC(C)CC3)c2c1. The fraction of sp³-hybridized carbons (Fsp3) is 0.444. The first-order chi connectivity index (χ1) is 10.6. The van der Waals surface area contributed by atoms with Gasteiger partial charge in [0, 0.05) is 18.5 Å². The Balaban J connectivity index is 2.23. The lowest BCUT2D eigenvalue weighted by Crippen LogP contribution is -2.34. The molecule has 4 nitrogen and oxygen atoms in total. The van der Waals surface area contributed by atoms with Crippen molar-refractivity contribution in [3.8, 4) is 0 Å². The van der Waals surface area contributed by atoms with Gasteiger partial charge in [0.1, 0.15) is 11.1 Å². The standard InChI is InChI=1S/C18H21NO3/c1-3-13-4-5-16-14(10-13)17(15(11-20)18(21)22-16)19-8-6-12(2)7-9-19/h4-5,10-12H,3,6-9H2,1-2H3. The Hall–Kier alpha value is -2.10. The van der Waals surface area contributed by atoms with Crippen molar-refractivity contribution in [2.75, 3.05) is 18.0 Å². The van der Waals surface area contributed by atoms with E-state index in [1.807, 2.05) is 18.2 Å². The Kier molecular flexibility index (Phi) is 4.01. The first-order valence-corrected chi connectivity index (χ1v) is 7.94. The zero-order valence-electron chi connectivity index (χ0n) is 13.1. The smallest absolute Gasteiger partial charge is 0.349 e. The summed E-state index contributed by atoms with van der Waals surface area (Å²) < 4.78 is 5.32. The number of hydrogen-bond donors (Lipinski definition) is 0. The minimum atomic E-state index is -0.541. The molecule has 0 radical (unpaired) electrons. The highest BCUT2D eigenvalue weighted by atomic mass is 16.4. The molecular formula is C18H21NO3. The molecule has 1 aliphatic rings. The first kappa shape index (κ1) is 14.8. The maximum absolute atomic E-state index is 12.1. The first-order valence-electron chi connectivity index (χ1n) is 7.94. The van der Waals surface area contributed by atoms with Gasteiger partial charge in [-0.15, -0.1) is 0 Å². The van der Waals surface area contributed by atoms with E-state index in [-0.39, 0.29) is 5.56 Å². The number of aryl methyl sites for hydroxylation is 1. The molecule has 1 saturated heterocycles. The van der Waals surface area contributed by atoms with Gasteiger partial charge in [-0.25, -0.2) is 4.79 Å².